The van der Waals surface area contributed by atoms with Crippen LogP contribution < -0.4 is 0 Å². The average molecular weight is 276 g/mol. The molecule has 0 radical (unpaired) electrons. The molecule has 7 atom stereocenters. The van der Waals surface area contributed by atoms with Crippen LogP contribution in [0.1, 0.15) is 78.1 Å². The van der Waals surface area contributed by atoms with Gasteiger partial charge < -0.3 is 5.11 Å². The van der Waals surface area contributed by atoms with Crippen LogP contribution in [-0.4, -0.2) is 11.2 Å². The first-order valence-electron chi connectivity index (χ1n) is 9.21. The van der Waals surface area contributed by atoms with Crippen molar-refractivity contribution >= 4 is 0 Å². The van der Waals surface area contributed by atoms with Gasteiger partial charge in [0, 0.05) is 0 Å². The highest BCUT2D eigenvalue weighted by Crippen LogP contribution is 2.66. The third-order valence-electron chi connectivity index (χ3n) is 8.42. The highest BCUT2D eigenvalue weighted by molar-refractivity contribution is 5.07. The fourth-order valence-electron chi connectivity index (χ4n) is 7.23. The van der Waals surface area contributed by atoms with Crippen molar-refractivity contribution in [1.29, 1.82) is 0 Å². The highest BCUT2D eigenvalue weighted by Gasteiger charge is 2.57. The van der Waals surface area contributed by atoms with E-state index in [2.05, 4.69) is 13.8 Å². The standard InChI is InChI=1S/C19H32O/c1-18-9-3-4-16(18)15-6-5-13-12-14(20)7-11-19(13,2)17(15)8-10-18/h13-17,20H,3-12H2,1-2H3/t13?,14-,15+,16+,17+,18+,19+/m1/s1. The van der Waals surface area contributed by atoms with Gasteiger partial charge in [0.05, 0.1) is 6.10 Å². The zero-order valence-electron chi connectivity index (χ0n) is 13.4. The third kappa shape index (κ3) is 1.77. The summed E-state index contributed by atoms with van der Waals surface area (Å²) in [5, 5.41) is 10.0. The SMILES string of the molecule is C[C@@]12CCC[C@H]1[C@@H]1CCC3C[C@H](O)CC[C@]3(C)[C@H]1CC2. The van der Waals surface area contributed by atoms with Crippen LogP contribution in [0.3, 0.4) is 0 Å². The summed E-state index contributed by atoms with van der Waals surface area (Å²) in [5.41, 5.74) is 1.25. The van der Waals surface area contributed by atoms with E-state index in [1.165, 1.54) is 51.4 Å². The predicted molar refractivity (Wildman–Crippen MR) is 82.4 cm³/mol. The topological polar surface area (TPSA) is 20.2 Å². The highest BCUT2D eigenvalue weighted by atomic mass is 16.3. The molecule has 1 heteroatoms. The summed E-state index contributed by atoms with van der Waals surface area (Å²) in [6, 6.07) is 0. The third-order valence-corrected chi connectivity index (χ3v) is 8.42. The first kappa shape index (κ1) is 13.6. The summed E-state index contributed by atoms with van der Waals surface area (Å²) in [6.45, 7) is 5.19. The average Bonchev–Trinajstić information content (AvgIpc) is 2.81. The summed E-state index contributed by atoms with van der Waals surface area (Å²) in [7, 11) is 0. The lowest BCUT2D eigenvalue weighted by Crippen LogP contribution is -2.53. The normalized spacial score (nSPS) is 58.6. The Morgan fingerprint density at radius 3 is 2.55 bits per heavy atom. The van der Waals surface area contributed by atoms with E-state index >= 15 is 0 Å². The Hall–Kier alpha value is -0.0400. The Morgan fingerprint density at radius 2 is 1.70 bits per heavy atom. The lowest BCUT2D eigenvalue weighted by molar-refractivity contribution is -0.120. The maximum absolute atomic E-state index is 10.0. The van der Waals surface area contributed by atoms with Gasteiger partial charge in [-0.15, -0.1) is 0 Å². The monoisotopic (exact) mass is 276 g/mol. The second kappa shape index (κ2) is 4.48. The van der Waals surface area contributed by atoms with Gasteiger partial charge in [0.15, 0.2) is 0 Å². The smallest absolute Gasteiger partial charge is 0.0543 e. The molecular weight excluding hydrogens is 244 g/mol. The Morgan fingerprint density at radius 1 is 0.850 bits per heavy atom. The van der Waals surface area contributed by atoms with Crippen molar-refractivity contribution < 1.29 is 5.11 Å². The van der Waals surface area contributed by atoms with E-state index in [1.54, 1.807) is 0 Å². The molecule has 0 saturated heterocycles. The summed E-state index contributed by atoms with van der Waals surface area (Å²) < 4.78 is 0. The van der Waals surface area contributed by atoms with Gasteiger partial charge in [-0.2, -0.15) is 0 Å². The van der Waals surface area contributed by atoms with Crippen molar-refractivity contribution in [2.75, 3.05) is 0 Å². The molecule has 0 aromatic heterocycles. The van der Waals surface area contributed by atoms with E-state index in [9.17, 15) is 5.11 Å². The van der Waals surface area contributed by atoms with Gasteiger partial charge in [0.1, 0.15) is 0 Å². The van der Waals surface area contributed by atoms with Crippen LogP contribution >= 0.6 is 0 Å². The maximum Gasteiger partial charge on any atom is 0.0543 e. The van der Waals surface area contributed by atoms with Crippen molar-refractivity contribution in [2.45, 2.75) is 84.2 Å². The Kier molecular flexibility index (Phi) is 3.05. The predicted octanol–water partition coefficient (Wildman–Crippen LogP) is 4.78. The summed E-state index contributed by atoms with van der Waals surface area (Å²) >= 11 is 0. The van der Waals surface area contributed by atoms with Crippen LogP contribution in [0.2, 0.25) is 0 Å². The minimum Gasteiger partial charge on any atom is -0.393 e. The number of aliphatic hydroxyl groups excluding tert-OH is 1. The van der Waals surface area contributed by atoms with Crippen LogP contribution in [0.15, 0.2) is 0 Å². The minimum atomic E-state index is 0.00459. The molecule has 1 N–H and O–H groups in total. The molecule has 1 nitrogen and oxygen atoms in total. The molecule has 4 aliphatic rings. The van der Waals surface area contributed by atoms with Gasteiger partial charge in [-0.05, 0) is 92.3 Å². The van der Waals surface area contributed by atoms with E-state index in [4.69, 9.17) is 0 Å². The van der Waals surface area contributed by atoms with Gasteiger partial charge in [0.2, 0.25) is 0 Å². The molecule has 114 valence electrons. The lowest BCUT2D eigenvalue weighted by atomic mass is 9.45. The van der Waals surface area contributed by atoms with Crippen LogP contribution in [-0.2, 0) is 0 Å². The molecule has 0 aromatic carbocycles. The molecule has 0 bridgehead atoms. The lowest BCUT2D eigenvalue weighted by Gasteiger charge is -2.60. The molecular formula is C19H32O. The molecule has 4 fully saturated rings. The number of hydrogen-bond donors (Lipinski definition) is 1. The van der Waals surface area contributed by atoms with Crippen molar-refractivity contribution in [3.05, 3.63) is 0 Å². The second-order valence-corrected chi connectivity index (χ2v) is 9.17. The summed E-state index contributed by atoms with van der Waals surface area (Å²) in [4.78, 5) is 0. The molecule has 0 aromatic rings. The Balaban J connectivity index is 1.62. The van der Waals surface area contributed by atoms with Crippen LogP contribution in [0.4, 0.5) is 0 Å². The molecule has 4 aliphatic carbocycles. The number of rotatable bonds is 0. The van der Waals surface area contributed by atoms with E-state index in [-0.39, 0.29) is 6.10 Å². The molecule has 0 aliphatic heterocycles. The molecule has 20 heavy (non-hydrogen) atoms. The number of hydrogen-bond acceptors (Lipinski definition) is 1. The molecule has 0 amide bonds. The maximum atomic E-state index is 10.0. The zero-order valence-corrected chi connectivity index (χ0v) is 13.4. The number of fused-ring (bicyclic) bond motifs is 5. The quantitative estimate of drug-likeness (QED) is 0.675. The van der Waals surface area contributed by atoms with Crippen LogP contribution in [0, 0.1) is 34.5 Å². The molecule has 0 heterocycles. The zero-order chi connectivity index (χ0) is 14.0. The van der Waals surface area contributed by atoms with Gasteiger partial charge >= 0.3 is 0 Å². The van der Waals surface area contributed by atoms with Gasteiger partial charge in [-0.3, -0.25) is 0 Å². The van der Waals surface area contributed by atoms with Crippen molar-refractivity contribution in [2.24, 2.45) is 34.5 Å². The van der Waals surface area contributed by atoms with E-state index in [0.717, 1.165) is 36.5 Å². The molecule has 4 rings (SSSR count). The van der Waals surface area contributed by atoms with E-state index in [0.29, 0.717) is 10.8 Å². The fourth-order valence-corrected chi connectivity index (χ4v) is 7.23. The minimum absolute atomic E-state index is 0.00459. The van der Waals surface area contributed by atoms with Crippen molar-refractivity contribution in [3.8, 4) is 0 Å². The van der Waals surface area contributed by atoms with E-state index < -0.39 is 0 Å². The number of aliphatic hydroxyl groups is 1. The van der Waals surface area contributed by atoms with E-state index in [1.807, 2.05) is 0 Å². The van der Waals surface area contributed by atoms with Gasteiger partial charge in [-0.25, -0.2) is 0 Å². The van der Waals surface area contributed by atoms with Gasteiger partial charge in [-0.1, -0.05) is 20.3 Å². The summed E-state index contributed by atoms with van der Waals surface area (Å²) in [6.07, 6.45) is 13.8. The summed E-state index contributed by atoms with van der Waals surface area (Å²) in [5.74, 6) is 3.85. The largest absolute Gasteiger partial charge is 0.393 e. The second-order valence-electron chi connectivity index (χ2n) is 9.17. The Labute approximate surface area is 124 Å². The van der Waals surface area contributed by atoms with Crippen molar-refractivity contribution in [3.63, 3.8) is 0 Å². The van der Waals surface area contributed by atoms with Crippen molar-refractivity contribution in [1.82, 2.24) is 0 Å². The first-order valence-corrected chi connectivity index (χ1v) is 9.21. The first-order chi connectivity index (χ1) is 9.53. The van der Waals surface area contributed by atoms with Crippen LogP contribution in [0.25, 0.3) is 0 Å². The Bertz CT molecular complexity index is 391. The molecule has 1 unspecified atom stereocenters. The molecule has 0 spiro atoms. The van der Waals surface area contributed by atoms with Crippen LogP contribution in [0.5, 0.6) is 0 Å². The fraction of sp³-hybridized carbons (Fsp3) is 1.00. The van der Waals surface area contributed by atoms with Gasteiger partial charge in [0.25, 0.3) is 0 Å². The molecule has 4 saturated carbocycles.